The summed E-state index contributed by atoms with van der Waals surface area (Å²) in [5.74, 6) is 0. The molecule has 0 aromatic carbocycles. The quantitative estimate of drug-likeness (QED) is 0.795. The highest BCUT2D eigenvalue weighted by Gasteiger charge is 2.70. The van der Waals surface area contributed by atoms with Crippen LogP contribution in [0.5, 0.6) is 0 Å². The van der Waals surface area contributed by atoms with Gasteiger partial charge in [-0.1, -0.05) is 6.92 Å². The fourth-order valence-electron chi connectivity index (χ4n) is 1.82. The number of amides is 2. The lowest BCUT2D eigenvalue weighted by Gasteiger charge is -2.39. The third-order valence-electron chi connectivity index (χ3n) is 3.12. The predicted octanol–water partition coefficient (Wildman–Crippen LogP) is 2.30. The summed E-state index contributed by atoms with van der Waals surface area (Å²) in [6.45, 7) is 0.762. The number of carbonyl (C=O) groups excluding carboxylic acids is 1. The molecule has 0 unspecified atom stereocenters. The molecule has 1 fully saturated rings. The number of nitrogens with zero attached hydrogens (tertiary/aromatic N) is 1. The van der Waals surface area contributed by atoms with Crippen LogP contribution in [0.2, 0.25) is 0 Å². The molecule has 0 aliphatic carbocycles. The van der Waals surface area contributed by atoms with E-state index in [0.29, 0.717) is 0 Å². The van der Waals surface area contributed by atoms with Crippen LogP contribution in [0.25, 0.3) is 0 Å². The zero-order valence-electron chi connectivity index (χ0n) is 10.6. The number of halogens is 6. The summed E-state index contributed by atoms with van der Waals surface area (Å²) in [5, 5.41) is 1.11. The van der Waals surface area contributed by atoms with Gasteiger partial charge in [-0.25, -0.2) is 4.79 Å². The lowest BCUT2D eigenvalue weighted by Crippen LogP contribution is -2.69. The second-order valence-electron chi connectivity index (χ2n) is 4.28. The van der Waals surface area contributed by atoms with Crippen LogP contribution in [-0.2, 0) is 4.74 Å². The molecule has 0 bridgehead atoms. The van der Waals surface area contributed by atoms with Crippen molar-refractivity contribution >= 4 is 6.03 Å². The normalized spacial score (nSPS) is 18.1. The highest BCUT2D eigenvalue weighted by Crippen LogP contribution is 2.45. The van der Waals surface area contributed by atoms with E-state index in [2.05, 4.69) is 0 Å². The minimum atomic E-state index is -5.64. The third-order valence-corrected chi connectivity index (χ3v) is 3.12. The number of nitrogens with one attached hydrogen (secondary N) is 1. The summed E-state index contributed by atoms with van der Waals surface area (Å²) in [6, 6.07) is -1.40. The lowest BCUT2D eigenvalue weighted by atomic mass is 9.94. The van der Waals surface area contributed by atoms with Crippen LogP contribution in [0.3, 0.4) is 0 Å². The molecule has 4 nitrogen and oxygen atoms in total. The average Bonchev–Trinajstić information content (AvgIpc) is 2.33. The Morgan fingerprint density at radius 1 is 1.10 bits per heavy atom. The molecule has 10 heteroatoms. The Balaban J connectivity index is 2.98. The van der Waals surface area contributed by atoms with E-state index in [1.54, 1.807) is 0 Å². The van der Waals surface area contributed by atoms with Crippen molar-refractivity contribution in [1.82, 2.24) is 10.2 Å². The molecular weight excluding hydrogens is 294 g/mol. The number of rotatable bonds is 2. The number of urea groups is 1. The Hall–Kier alpha value is -1.19. The third kappa shape index (κ3) is 3.10. The van der Waals surface area contributed by atoms with Gasteiger partial charge in [0.25, 0.3) is 0 Å². The first-order valence-corrected chi connectivity index (χ1v) is 5.83. The van der Waals surface area contributed by atoms with Crippen molar-refractivity contribution in [2.75, 3.05) is 26.3 Å². The Morgan fingerprint density at radius 3 is 1.90 bits per heavy atom. The molecule has 0 aromatic rings. The van der Waals surface area contributed by atoms with Gasteiger partial charge in [-0.3, -0.25) is 0 Å². The first-order chi connectivity index (χ1) is 9.05. The van der Waals surface area contributed by atoms with Crippen molar-refractivity contribution in [3.05, 3.63) is 0 Å². The Bertz CT molecular complexity index is 335. The second-order valence-corrected chi connectivity index (χ2v) is 4.28. The van der Waals surface area contributed by atoms with Gasteiger partial charge in [-0.2, -0.15) is 26.3 Å². The molecule has 20 heavy (non-hydrogen) atoms. The molecule has 1 aliphatic rings. The summed E-state index contributed by atoms with van der Waals surface area (Å²) in [7, 11) is 0. The Morgan fingerprint density at radius 2 is 1.55 bits per heavy atom. The molecule has 0 saturated carbocycles. The number of carbonyl (C=O) groups is 1. The fraction of sp³-hybridized carbons (Fsp3) is 0.900. The highest BCUT2D eigenvalue weighted by atomic mass is 19.4. The maximum atomic E-state index is 12.8. The van der Waals surface area contributed by atoms with Gasteiger partial charge in [0.15, 0.2) is 0 Å². The maximum Gasteiger partial charge on any atom is 0.420 e. The SMILES string of the molecule is CCC(NC(=O)N1CCOCC1)(C(F)(F)F)C(F)(F)F. The molecule has 0 aromatic heterocycles. The number of alkyl halides is 6. The van der Waals surface area contributed by atoms with Crippen molar-refractivity contribution < 1.29 is 35.9 Å². The van der Waals surface area contributed by atoms with Crippen LogP contribution >= 0.6 is 0 Å². The summed E-state index contributed by atoms with van der Waals surface area (Å²) in [6.07, 6.45) is -12.6. The summed E-state index contributed by atoms with van der Waals surface area (Å²) >= 11 is 0. The van der Waals surface area contributed by atoms with Gasteiger partial charge in [0.2, 0.25) is 5.54 Å². The van der Waals surface area contributed by atoms with Gasteiger partial charge < -0.3 is 15.0 Å². The molecular formula is C10H14F6N2O2. The average molecular weight is 308 g/mol. The van der Waals surface area contributed by atoms with E-state index >= 15 is 0 Å². The van der Waals surface area contributed by atoms with Crippen LogP contribution in [0.1, 0.15) is 13.3 Å². The molecule has 0 atom stereocenters. The van der Waals surface area contributed by atoms with E-state index in [1.165, 1.54) is 0 Å². The number of hydrogen-bond acceptors (Lipinski definition) is 2. The van der Waals surface area contributed by atoms with Gasteiger partial charge >= 0.3 is 18.4 Å². The van der Waals surface area contributed by atoms with Crippen LogP contribution in [-0.4, -0.2) is 55.1 Å². The smallest absolute Gasteiger partial charge is 0.378 e. The van der Waals surface area contributed by atoms with E-state index < -0.39 is 30.3 Å². The zero-order valence-corrected chi connectivity index (χ0v) is 10.6. The van der Waals surface area contributed by atoms with E-state index in [1.807, 2.05) is 0 Å². The van der Waals surface area contributed by atoms with Gasteiger partial charge in [0.1, 0.15) is 0 Å². The molecule has 1 heterocycles. The Labute approximate surface area is 111 Å². The van der Waals surface area contributed by atoms with Crippen molar-refractivity contribution in [3.63, 3.8) is 0 Å². The summed E-state index contributed by atoms with van der Waals surface area (Å²) < 4.78 is 81.8. The first kappa shape index (κ1) is 16.9. The predicted molar refractivity (Wildman–Crippen MR) is 56.1 cm³/mol. The lowest BCUT2D eigenvalue weighted by molar-refractivity contribution is -0.305. The van der Waals surface area contributed by atoms with E-state index in [4.69, 9.17) is 4.74 Å². The minimum absolute atomic E-state index is 0.0542. The Kier molecular flexibility index (Phi) is 4.78. The topological polar surface area (TPSA) is 41.6 Å². The van der Waals surface area contributed by atoms with E-state index in [0.717, 1.165) is 17.1 Å². The van der Waals surface area contributed by atoms with Gasteiger partial charge in [0.05, 0.1) is 13.2 Å². The zero-order chi connectivity index (χ0) is 15.6. The van der Waals surface area contributed by atoms with Crippen molar-refractivity contribution in [2.45, 2.75) is 31.2 Å². The van der Waals surface area contributed by atoms with Crippen LogP contribution in [0, 0.1) is 0 Å². The first-order valence-electron chi connectivity index (χ1n) is 5.83. The van der Waals surface area contributed by atoms with Crippen molar-refractivity contribution in [2.24, 2.45) is 0 Å². The van der Waals surface area contributed by atoms with Gasteiger partial charge in [0, 0.05) is 13.1 Å². The molecule has 2 amide bonds. The molecule has 1 aliphatic heterocycles. The van der Waals surface area contributed by atoms with Crippen molar-refractivity contribution in [1.29, 1.82) is 0 Å². The fourth-order valence-corrected chi connectivity index (χ4v) is 1.82. The molecule has 1 rings (SSSR count). The number of hydrogen-bond donors (Lipinski definition) is 1. The van der Waals surface area contributed by atoms with E-state index in [9.17, 15) is 31.1 Å². The molecule has 0 radical (unpaired) electrons. The van der Waals surface area contributed by atoms with Crippen LogP contribution in [0.4, 0.5) is 31.1 Å². The molecule has 1 N–H and O–H groups in total. The van der Waals surface area contributed by atoms with E-state index in [-0.39, 0.29) is 26.3 Å². The summed E-state index contributed by atoms with van der Waals surface area (Å²) in [4.78, 5) is 12.5. The largest absolute Gasteiger partial charge is 0.420 e. The monoisotopic (exact) mass is 308 g/mol. The number of morpholine rings is 1. The summed E-state index contributed by atoms with van der Waals surface area (Å²) in [5.41, 5.74) is -4.24. The second kappa shape index (κ2) is 5.66. The minimum Gasteiger partial charge on any atom is -0.378 e. The standard InChI is InChI=1S/C10H14F6N2O2/c1-2-8(9(11,12)13,10(14,15)16)17-7(19)18-3-5-20-6-4-18/h2-6H2,1H3,(H,17,19). The van der Waals surface area contributed by atoms with Crippen LogP contribution < -0.4 is 5.32 Å². The van der Waals surface area contributed by atoms with Gasteiger partial charge in [-0.15, -0.1) is 0 Å². The van der Waals surface area contributed by atoms with Crippen LogP contribution in [0.15, 0.2) is 0 Å². The molecule has 1 saturated heterocycles. The molecule has 0 spiro atoms. The van der Waals surface area contributed by atoms with Gasteiger partial charge in [-0.05, 0) is 6.42 Å². The highest BCUT2D eigenvalue weighted by molar-refractivity contribution is 5.75. The maximum absolute atomic E-state index is 12.8. The molecule has 118 valence electrons. The van der Waals surface area contributed by atoms with Crippen molar-refractivity contribution in [3.8, 4) is 0 Å². The number of ether oxygens (including phenoxy) is 1.